The van der Waals surface area contributed by atoms with E-state index in [0.717, 1.165) is 21.7 Å². The van der Waals surface area contributed by atoms with Crippen molar-refractivity contribution in [2.45, 2.75) is 26.4 Å². The summed E-state index contributed by atoms with van der Waals surface area (Å²) in [7, 11) is 0. The molecule has 0 fully saturated rings. The summed E-state index contributed by atoms with van der Waals surface area (Å²) < 4.78 is 1.12. The number of nitrogens with zero attached hydrogens (tertiary/aromatic N) is 1. The molecule has 0 saturated heterocycles. The number of hydrogen-bond donors (Lipinski definition) is 1. The van der Waals surface area contributed by atoms with Gasteiger partial charge in [-0.25, -0.2) is 4.98 Å². The van der Waals surface area contributed by atoms with E-state index in [0.29, 0.717) is 6.04 Å². The minimum Gasteiger partial charge on any atom is -0.305 e. The molecule has 1 N–H and O–H groups in total. The molecule has 0 unspecified atom stereocenters. The van der Waals surface area contributed by atoms with Crippen molar-refractivity contribution >= 4 is 27.3 Å². The minimum atomic E-state index is 0.328. The van der Waals surface area contributed by atoms with Crippen LogP contribution in [0.4, 0.5) is 0 Å². The Balaban J connectivity index is 1.95. The Bertz CT molecular complexity index is 496. The summed E-state index contributed by atoms with van der Waals surface area (Å²) in [5, 5.41) is 6.71. The Labute approximate surface area is 114 Å². The highest BCUT2D eigenvalue weighted by Gasteiger charge is 2.06. The molecular weight excluding hydrogens is 296 g/mol. The maximum atomic E-state index is 4.44. The lowest BCUT2D eigenvalue weighted by Gasteiger charge is -2.13. The van der Waals surface area contributed by atoms with Crippen molar-refractivity contribution in [3.8, 4) is 0 Å². The highest BCUT2D eigenvalue weighted by Crippen LogP contribution is 2.18. The van der Waals surface area contributed by atoms with Gasteiger partial charge in [0.2, 0.25) is 0 Å². The molecule has 2 nitrogen and oxygen atoms in total. The molecule has 0 bridgehead atoms. The SMILES string of the molecule is Cc1nc(CN[C@H](C)c2cccc(Br)c2)cs1. The van der Waals surface area contributed by atoms with E-state index in [9.17, 15) is 0 Å². The zero-order chi connectivity index (χ0) is 12.3. The summed E-state index contributed by atoms with van der Waals surface area (Å²) in [4.78, 5) is 4.44. The molecular formula is C13H15BrN2S. The minimum absolute atomic E-state index is 0.328. The molecule has 2 aromatic rings. The number of benzene rings is 1. The molecule has 0 saturated carbocycles. The van der Waals surface area contributed by atoms with E-state index in [1.807, 2.05) is 13.0 Å². The standard InChI is InChI=1S/C13H15BrN2S/c1-9(11-4-3-5-12(14)6-11)15-7-13-8-17-10(2)16-13/h3-6,8-9,15H,7H2,1-2H3/t9-/m1/s1. The smallest absolute Gasteiger partial charge is 0.0897 e. The van der Waals surface area contributed by atoms with E-state index in [-0.39, 0.29) is 0 Å². The van der Waals surface area contributed by atoms with Gasteiger partial charge in [0.25, 0.3) is 0 Å². The second-order valence-corrected chi connectivity index (χ2v) is 5.99. The van der Waals surface area contributed by atoms with Gasteiger partial charge in [-0.1, -0.05) is 28.1 Å². The summed E-state index contributed by atoms with van der Waals surface area (Å²) >= 11 is 5.19. The van der Waals surface area contributed by atoms with E-state index >= 15 is 0 Å². The third-order valence-corrected chi connectivity index (χ3v) is 3.92. The van der Waals surface area contributed by atoms with Gasteiger partial charge in [0, 0.05) is 22.4 Å². The first kappa shape index (κ1) is 12.7. The Morgan fingerprint density at radius 3 is 2.94 bits per heavy atom. The molecule has 1 aromatic heterocycles. The summed E-state index contributed by atoms with van der Waals surface area (Å²) in [6, 6.07) is 8.71. The molecule has 1 aromatic carbocycles. The third-order valence-electron chi connectivity index (χ3n) is 2.60. The van der Waals surface area contributed by atoms with Crippen molar-refractivity contribution in [2.24, 2.45) is 0 Å². The van der Waals surface area contributed by atoms with Gasteiger partial charge in [0.1, 0.15) is 0 Å². The Morgan fingerprint density at radius 1 is 1.47 bits per heavy atom. The van der Waals surface area contributed by atoms with Crippen LogP contribution in [0.2, 0.25) is 0 Å². The summed E-state index contributed by atoms with van der Waals surface area (Å²) in [6.07, 6.45) is 0. The van der Waals surface area contributed by atoms with Crippen LogP contribution in [0.5, 0.6) is 0 Å². The average molecular weight is 311 g/mol. The second kappa shape index (κ2) is 5.76. The lowest BCUT2D eigenvalue weighted by Crippen LogP contribution is -2.18. The number of aryl methyl sites for hydroxylation is 1. The van der Waals surface area contributed by atoms with Crippen LogP contribution >= 0.6 is 27.3 Å². The van der Waals surface area contributed by atoms with Gasteiger partial charge < -0.3 is 5.32 Å². The molecule has 0 aliphatic heterocycles. The summed E-state index contributed by atoms with van der Waals surface area (Å²) in [5.74, 6) is 0. The Morgan fingerprint density at radius 2 is 2.29 bits per heavy atom. The lowest BCUT2D eigenvalue weighted by atomic mass is 10.1. The van der Waals surface area contributed by atoms with Crippen molar-refractivity contribution in [1.29, 1.82) is 0 Å². The summed E-state index contributed by atoms with van der Waals surface area (Å²) in [6.45, 7) is 5.02. The number of hydrogen-bond acceptors (Lipinski definition) is 3. The van der Waals surface area contributed by atoms with E-state index in [2.05, 4.69) is 56.7 Å². The molecule has 0 radical (unpaired) electrons. The van der Waals surface area contributed by atoms with Gasteiger partial charge >= 0.3 is 0 Å². The van der Waals surface area contributed by atoms with Crippen molar-refractivity contribution in [3.63, 3.8) is 0 Å². The van der Waals surface area contributed by atoms with Crippen LogP contribution in [0.25, 0.3) is 0 Å². The van der Waals surface area contributed by atoms with Crippen LogP contribution < -0.4 is 5.32 Å². The predicted octanol–water partition coefficient (Wildman–Crippen LogP) is 4.06. The van der Waals surface area contributed by atoms with Gasteiger partial charge in [0.05, 0.1) is 10.7 Å². The largest absolute Gasteiger partial charge is 0.305 e. The topological polar surface area (TPSA) is 24.9 Å². The Hall–Kier alpha value is -0.710. The van der Waals surface area contributed by atoms with Crippen LogP contribution in [-0.4, -0.2) is 4.98 Å². The van der Waals surface area contributed by atoms with Crippen LogP contribution in [0.3, 0.4) is 0 Å². The van der Waals surface area contributed by atoms with E-state index in [1.54, 1.807) is 11.3 Å². The number of thiazole rings is 1. The second-order valence-electron chi connectivity index (χ2n) is 4.02. The predicted molar refractivity (Wildman–Crippen MR) is 76.2 cm³/mol. The van der Waals surface area contributed by atoms with Gasteiger partial charge in [-0.2, -0.15) is 0 Å². The Kier molecular flexibility index (Phi) is 4.31. The highest BCUT2D eigenvalue weighted by atomic mass is 79.9. The van der Waals surface area contributed by atoms with Crippen LogP contribution in [0.1, 0.15) is 29.2 Å². The molecule has 4 heteroatoms. The maximum Gasteiger partial charge on any atom is 0.0897 e. The zero-order valence-corrected chi connectivity index (χ0v) is 12.3. The fourth-order valence-electron chi connectivity index (χ4n) is 1.64. The first-order chi connectivity index (χ1) is 8.15. The van der Waals surface area contributed by atoms with Gasteiger partial charge in [-0.05, 0) is 31.5 Å². The van der Waals surface area contributed by atoms with Crippen LogP contribution in [0, 0.1) is 6.92 Å². The molecule has 2 rings (SSSR count). The average Bonchev–Trinajstić information content (AvgIpc) is 2.72. The van der Waals surface area contributed by atoms with Crippen molar-refractivity contribution < 1.29 is 0 Å². The fraction of sp³-hybridized carbons (Fsp3) is 0.308. The number of aromatic nitrogens is 1. The maximum absolute atomic E-state index is 4.44. The van der Waals surface area contributed by atoms with E-state index in [1.165, 1.54) is 5.56 Å². The molecule has 1 heterocycles. The number of rotatable bonds is 4. The molecule has 0 aliphatic rings. The van der Waals surface area contributed by atoms with E-state index in [4.69, 9.17) is 0 Å². The molecule has 1 atom stereocenters. The normalized spacial score (nSPS) is 12.6. The van der Waals surface area contributed by atoms with Crippen molar-refractivity contribution in [2.75, 3.05) is 0 Å². The first-order valence-corrected chi connectivity index (χ1v) is 7.22. The fourth-order valence-corrected chi connectivity index (χ4v) is 2.67. The van der Waals surface area contributed by atoms with Crippen LogP contribution in [-0.2, 0) is 6.54 Å². The van der Waals surface area contributed by atoms with Crippen LogP contribution in [0.15, 0.2) is 34.1 Å². The molecule has 0 amide bonds. The number of nitrogens with one attached hydrogen (secondary N) is 1. The number of halogens is 1. The first-order valence-electron chi connectivity index (χ1n) is 5.55. The van der Waals surface area contributed by atoms with Crippen molar-refractivity contribution in [3.05, 3.63) is 50.4 Å². The highest BCUT2D eigenvalue weighted by molar-refractivity contribution is 9.10. The van der Waals surface area contributed by atoms with Crippen molar-refractivity contribution in [1.82, 2.24) is 10.3 Å². The third kappa shape index (κ3) is 3.63. The molecule has 90 valence electrons. The monoisotopic (exact) mass is 310 g/mol. The van der Waals surface area contributed by atoms with E-state index < -0.39 is 0 Å². The lowest BCUT2D eigenvalue weighted by molar-refractivity contribution is 0.568. The molecule has 0 spiro atoms. The van der Waals surface area contributed by atoms with Gasteiger partial charge in [-0.15, -0.1) is 11.3 Å². The molecule has 0 aliphatic carbocycles. The van der Waals surface area contributed by atoms with Gasteiger partial charge in [-0.3, -0.25) is 0 Å². The van der Waals surface area contributed by atoms with Gasteiger partial charge in [0.15, 0.2) is 0 Å². The zero-order valence-electron chi connectivity index (χ0n) is 9.90. The summed E-state index contributed by atoms with van der Waals surface area (Å²) in [5.41, 5.74) is 2.40. The quantitative estimate of drug-likeness (QED) is 0.921. The molecule has 17 heavy (non-hydrogen) atoms.